The molecule has 108 valence electrons. The molecule has 0 unspecified atom stereocenters. The van der Waals surface area contributed by atoms with Gasteiger partial charge in [-0.3, -0.25) is 4.79 Å². The van der Waals surface area contributed by atoms with Gasteiger partial charge in [-0.2, -0.15) is 0 Å². The van der Waals surface area contributed by atoms with E-state index in [0.717, 1.165) is 10.9 Å². The summed E-state index contributed by atoms with van der Waals surface area (Å²) in [5.74, 6) is 0.0394. The molecular formula is C14H18N2O3S. The van der Waals surface area contributed by atoms with E-state index in [1.807, 2.05) is 24.3 Å². The van der Waals surface area contributed by atoms with E-state index in [0.29, 0.717) is 5.56 Å². The van der Waals surface area contributed by atoms with Crippen molar-refractivity contribution in [2.24, 2.45) is 5.73 Å². The van der Waals surface area contributed by atoms with E-state index in [4.69, 9.17) is 5.73 Å². The zero-order valence-electron chi connectivity index (χ0n) is 11.4. The summed E-state index contributed by atoms with van der Waals surface area (Å²) in [6.07, 6.45) is 0. The Morgan fingerprint density at radius 2 is 1.95 bits per heavy atom. The van der Waals surface area contributed by atoms with Crippen molar-refractivity contribution in [2.75, 3.05) is 11.5 Å². The van der Waals surface area contributed by atoms with Crippen molar-refractivity contribution in [3.63, 3.8) is 0 Å². The van der Waals surface area contributed by atoms with E-state index in [2.05, 4.69) is 0 Å². The molecule has 0 spiro atoms. The summed E-state index contributed by atoms with van der Waals surface area (Å²) in [4.78, 5) is 12.3. The van der Waals surface area contributed by atoms with Gasteiger partial charge in [-0.05, 0) is 17.5 Å². The molecule has 6 heteroatoms. The second-order valence-electron chi connectivity index (χ2n) is 4.63. The molecule has 2 rings (SSSR count). The first-order valence-corrected chi connectivity index (χ1v) is 8.32. The minimum absolute atomic E-state index is 0.0403. The second-order valence-corrected chi connectivity index (χ2v) is 7.10. The molecule has 0 aliphatic rings. The minimum atomic E-state index is -3.11. The van der Waals surface area contributed by atoms with Crippen molar-refractivity contribution in [1.82, 2.24) is 4.57 Å². The van der Waals surface area contributed by atoms with Gasteiger partial charge in [0.25, 0.3) is 5.56 Å². The Hall–Kier alpha value is -1.66. The predicted molar refractivity (Wildman–Crippen MR) is 80.4 cm³/mol. The maximum absolute atomic E-state index is 12.3. The highest BCUT2D eigenvalue weighted by atomic mass is 32.2. The molecule has 0 atom stereocenters. The van der Waals surface area contributed by atoms with E-state index >= 15 is 0 Å². The minimum Gasteiger partial charge on any atom is -0.326 e. The van der Waals surface area contributed by atoms with E-state index in [9.17, 15) is 13.2 Å². The van der Waals surface area contributed by atoms with E-state index < -0.39 is 9.84 Å². The highest BCUT2D eigenvalue weighted by molar-refractivity contribution is 7.91. The quantitative estimate of drug-likeness (QED) is 0.888. The Bertz CT molecular complexity index is 779. The van der Waals surface area contributed by atoms with Crippen LogP contribution >= 0.6 is 0 Å². The monoisotopic (exact) mass is 294 g/mol. The SMILES string of the molecule is CCS(=O)(=O)CCn1c(=O)c(CN)cc2ccccc21. The molecule has 5 nitrogen and oxygen atoms in total. The number of nitrogens with zero attached hydrogens (tertiary/aromatic N) is 1. The van der Waals surface area contributed by atoms with Crippen molar-refractivity contribution in [3.8, 4) is 0 Å². The lowest BCUT2D eigenvalue weighted by atomic mass is 10.1. The number of para-hydroxylation sites is 1. The fourth-order valence-corrected chi connectivity index (χ4v) is 2.88. The summed E-state index contributed by atoms with van der Waals surface area (Å²) in [5, 5.41) is 0.890. The van der Waals surface area contributed by atoms with Crippen LogP contribution in [0.5, 0.6) is 0 Å². The number of hydrogen-bond donors (Lipinski definition) is 1. The smallest absolute Gasteiger partial charge is 0.255 e. The summed E-state index contributed by atoms with van der Waals surface area (Å²) < 4.78 is 24.8. The molecule has 0 bridgehead atoms. The van der Waals surface area contributed by atoms with Crippen LogP contribution in [0.25, 0.3) is 10.9 Å². The highest BCUT2D eigenvalue weighted by Crippen LogP contribution is 2.13. The van der Waals surface area contributed by atoms with Crippen molar-refractivity contribution in [3.05, 3.63) is 46.2 Å². The van der Waals surface area contributed by atoms with Crippen LogP contribution in [0.3, 0.4) is 0 Å². The molecule has 1 heterocycles. The van der Waals surface area contributed by atoms with Crippen LogP contribution < -0.4 is 11.3 Å². The topological polar surface area (TPSA) is 82.2 Å². The van der Waals surface area contributed by atoms with Gasteiger partial charge in [0.05, 0.1) is 11.3 Å². The van der Waals surface area contributed by atoms with E-state index in [1.165, 1.54) is 4.57 Å². The molecule has 0 saturated carbocycles. The number of hydrogen-bond acceptors (Lipinski definition) is 4. The summed E-state index contributed by atoms with van der Waals surface area (Å²) >= 11 is 0. The van der Waals surface area contributed by atoms with Crippen LogP contribution in [0.4, 0.5) is 0 Å². The lowest BCUT2D eigenvalue weighted by molar-refractivity contribution is 0.589. The molecule has 1 aromatic heterocycles. The first-order chi connectivity index (χ1) is 9.48. The van der Waals surface area contributed by atoms with E-state index in [-0.39, 0.29) is 30.2 Å². The van der Waals surface area contributed by atoms with Gasteiger partial charge in [-0.1, -0.05) is 25.1 Å². The van der Waals surface area contributed by atoms with Gasteiger partial charge in [0.1, 0.15) is 0 Å². The highest BCUT2D eigenvalue weighted by Gasteiger charge is 2.12. The zero-order valence-corrected chi connectivity index (χ0v) is 12.2. The van der Waals surface area contributed by atoms with Gasteiger partial charge in [-0.15, -0.1) is 0 Å². The van der Waals surface area contributed by atoms with Crippen molar-refractivity contribution < 1.29 is 8.42 Å². The van der Waals surface area contributed by atoms with Crippen molar-refractivity contribution >= 4 is 20.7 Å². The van der Waals surface area contributed by atoms with Gasteiger partial charge in [-0.25, -0.2) is 8.42 Å². The molecule has 0 aliphatic heterocycles. The molecular weight excluding hydrogens is 276 g/mol. The molecule has 20 heavy (non-hydrogen) atoms. The first kappa shape index (κ1) is 14.7. The molecule has 0 aliphatic carbocycles. The maximum atomic E-state index is 12.3. The van der Waals surface area contributed by atoms with Gasteiger partial charge >= 0.3 is 0 Å². The molecule has 0 fully saturated rings. The third-order valence-electron chi connectivity index (χ3n) is 3.36. The largest absolute Gasteiger partial charge is 0.326 e. The zero-order chi connectivity index (χ0) is 14.8. The molecule has 0 radical (unpaired) electrons. The van der Waals surface area contributed by atoms with Gasteiger partial charge < -0.3 is 10.3 Å². The summed E-state index contributed by atoms with van der Waals surface area (Å²) in [5.41, 5.74) is 6.61. The lowest BCUT2D eigenvalue weighted by Gasteiger charge is -2.12. The standard InChI is InChI=1S/C14H18N2O3S/c1-2-20(18,19)8-7-16-13-6-4-3-5-11(13)9-12(10-15)14(16)17/h3-6,9H,2,7-8,10,15H2,1H3. The molecule has 0 amide bonds. The average molecular weight is 294 g/mol. The van der Waals surface area contributed by atoms with E-state index in [1.54, 1.807) is 13.0 Å². The second kappa shape index (κ2) is 5.76. The van der Waals surface area contributed by atoms with Crippen LogP contribution in [-0.4, -0.2) is 24.5 Å². The Morgan fingerprint density at radius 3 is 2.60 bits per heavy atom. The molecule has 2 N–H and O–H groups in total. The summed E-state index contributed by atoms with van der Waals surface area (Å²) in [6.45, 7) is 1.90. The number of aromatic nitrogens is 1. The fourth-order valence-electron chi connectivity index (χ4n) is 2.13. The third kappa shape index (κ3) is 2.91. The number of pyridine rings is 1. The van der Waals surface area contributed by atoms with Crippen LogP contribution in [0.15, 0.2) is 35.1 Å². The van der Waals surface area contributed by atoms with Crippen LogP contribution in [0, 0.1) is 0 Å². The predicted octanol–water partition coefficient (Wildman–Crippen LogP) is 0.895. The van der Waals surface area contributed by atoms with Gasteiger partial charge in [0.15, 0.2) is 9.84 Å². The maximum Gasteiger partial charge on any atom is 0.255 e. The number of aryl methyl sites for hydroxylation is 1. The Balaban J connectivity index is 2.55. The number of rotatable bonds is 5. The first-order valence-electron chi connectivity index (χ1n) is 6.50. The van der Waals surface area contributed by atoms with Crippen LogP contribution in [-0.2, 0) is 22.9 Å². The van der Waals surface area contributed by atoms with Crippen LogP contribution in [0.2, 0.25) is 0 Å². The van der Waals surface area contributed by atoms with Gasteiger partial charge in [0, 0.05) is 24.4 Å². The number of benzene rings is 1. The molecule has 2 aromatic rings. The lowest BCUT2D eigenvalue weighted by Crippen LogP contribution is -2.28. The third-order valence-corrected chi connectivity index (χ3v) is 5.05. The number of nitrogens with two attached hydrogens (primary N) is 1. The Labute approximate surface area is 117 Å². The van der Waals surface area contributed by atoms with Gasteiger partial charge in [0.2, 0.25) is 0 Å². The van der Waals surface area contributed by atoms with Crippen molar-refractivity contribution in [1.29, 1.82) is 0 Å². The van der Waals surface area contributed by atoms with Crippen molar-refractivity contribution in [2.45, 2.75) is 20.0 Å². The normalized spacial score (nSPS) is 11.9. The average Bonchev–Trinajstić information content (AvgIpc) is 2.45. The Morgan fingerprint density at radius 1 is 1.25 bits per heavy atom. The Kier molecular flexibility index (Phi) is 4.25. The number of fused-ring (bicyclic) bond motifs is 1. The van der Waals surface area contributed by atoms with Crippen LogP contribution in [0.1, 0.15) is 12.5 Å². The number of sulfone groups is 1. The molecule has 0 saturated heterocycles. The summed E-state index contributed by atoms with van der Waals surface area (Å²) in [6, 6.07) is 9.17. The fraction of sp³-hybridized carbons (Fsp3) is 0.357. The molecule has 1 aromatic carbocycles. The summed E-state index contributed by atoms with van der Waals surface area (Å²) in [7, 11) is -3.11.